The predicted octanol–water partition coefficient (Wildman–Crippen LogP) is 2.41. The zero-order valence-electron chi connectivity index (χ0n) is 14.4. The fourth-order valence-electron chi connectivity index (χ4n) is 2.97. The summed E-state index contributed by atoms with van der Waals surface area (Å²) in [4.78, 5) is 12.5. The van der Waals surface area contributed by atoms with Gasteiger partial charge in [-0.1, -0.05) is 36.4 Å². The molecule has 1 aliphatic heterocycles. The van der Waals surface area contributed by atoms with Crippen LogP contribution in [0.2, 0.25) is 0 Å². The molecule has 1 heterocycles. The van der Waals surface area contributed by atoms with Gasteiger partial charge in [0.15, 0.2) is 0 Å². The Balaban J connectivity index is 1.49. The van der Waals surface area contributed by atoms with Crippen LogP contribution in [0, 0.1) is 10.1 Å². The van der Waals surface area contributed by atoms with Gasteiger partial charge in [-0.15, -0.1) is 0 Å². The minimum atomic E-state index is -0.691. The number of nitro benzene ring substituents is 1. The molecule has 138 valence electrons. The van der Waals surface area contributed by atoms with Crippen LogP contribution in [0.25, 0.3) is 0 Å². The van der Waals surface area contributed by atoms with Crippen LogP contribution in [-0.4, -0.2) is 53.9 Å². The topological polar surface area (TPSA) is 85.1 Å². The lowest BCUT2D eigenvalue weighted by Gasteiger charge is -2.34. The Bertz CT molecular complexity index is 725. The first kappa shape index (κ1) is 18.3. The van der Waals surface area contributed by atoms with Crippen LogP contribution in [0.15, 0.2) is 54.6 Å². The van der Waals surface area contributed by atoms with E-state index in [0.29, 0.717) is 25.4 Å². The van der Waals surface area contributed by atoms with Gasteiger partial charge in [-0.25, -0.2) is 0 Å². The maximum atomic E-state index is 10.8. The molecule has 0 bridgehead atoms. The third-order valence-corrected chi connectivity index (χ3v) is 4.26. The summed E-state index contributed by atoms with van der Waals surface area (Å²) in [6, 6.07) is 16.0. The van der Waals surface area contributed by atoms with Crippen molar-refractivity contribution in [1.29, 1.82) is 0 Å². The number of nitro groups is 1. The number of rotatable bonds is 7. The molecule has 0 radical (unpaired) electrons. The Kier molecular flexibility index (Phi) is 6.17. The molecule has 2 unspecified atom stereocenters. The molecule has 7 heteroatoms. The van der Waals surface area contributed by atoms with E-state index in [1.807, 2.05) is 30.3 Å². The second kappa shape index (κ2) is 8.75. The summed E-state index contributed by atoms with van der Waals surface area (Å²) >= 11 is 0. The van der Waals surface area contributed by atoms with E-state index in [4.69, 9.17) is 9.47 Å². The van der Waals surface area contributed by atoms with Gasteiger partial charge in [0.05, 0.1) is 23.7 Å². The molecule has 2 atom stereocenters. The van der Waals surface area contributed by atoms with E-state index in [2.05, 4.69) is 4.90 Å². The second-order valence-corrected chi connectivity index (χ2v) is 6.25. The molecule has 1 N–H and O–H groups in total. The van der Waals surface area contributed by atoms with Crippen molar-refractivity contribution in [2.75, 3.05) is 32.8 Å². The normalized spacial score (nSPS) is 19.0. The predicted molar refractivity (Wildman–Crippen MR) is 96.2 cm³/mol. The molecule has 0 aromatic heterocycles. The summed E-state index contributed by atoms with van der Waals surface area (Å²) < 4.78 is 11.3. The maximum Gasteiger partial charge on any atom is 0.273 e. The number of benzene rings is 2. The quantitative estimate of drug-likeness (QED) is 0.604. The lowest BCUT2D eigenvalue weighted by Crippen LogP contribution is -2.43. The largest absolute Gasteiger partial charge is 0.491 e. The van der Waals surface area contributed by atoms with E-state index in [9.17, 15) is 15.2 Å². The van der Waals surface area contributed by atoms with Gasteiger partial charge in [-0.2, -0.15) is 0 Å². The highest BCUT2D eigenvalue weighted by Gasteiger charge is 2.23. The molecular formula is C19H22N2O5. The number of β-amino-alcohol motifs (C(OH)–C–C–N with tert-alkyl or cyclic N) is 1. The van der Waals surface area contributed by atoms with Gasteiger partial charge in [-0.05, 0) is 11.6 Å². The fraction of sp³-hybridized carbons (Fsp3) is 0.368. The molecule has 1 saturated heterocycles. The molecule has 7 nitrogen and oxygen atoms in total. The maximum absolute atomic E-state index is 10.8. The monoisotopic (exact) mass is 358 g/mol. The van der Waals surface area contributed by atoms with Crippen molar-refractivity contribution in [3.05, 3.63) is 70.3 Å². The smallest absolute Gasteiger partial charge is 0.273 e. The van der Waals surface area contributed by atoms with Crippen molar-refractivity contribution >= 4 is 5.69 Å². The van der Waals surface area contributed by atoms with Crippen molar-refractivity contribution in [2.45, 2.75) is 12.2 Å². The lowest BCUT2D eigenvalue weighted by atomic mass is 10.1. The molecule has 1 aliphatic rings. The first-order valence-electron chi connectivity index (χ1n) is 8.56. The second-order valence-electron chi connectivity index (χ2n) is 6.25. The van der Waals surface area contributed by atoms with Crippen molar-refractivity contribution in [1.82, 2.24) is 4.90 Å². The summed E-state index contributed by atoms with van der Waals surface area (Å²) in [6.45, 7) is 2.60. The van der Waals surface area contributed by atoms with Crippen LogP contribution < -0.4 is 4.74 Å². The lowest BCUT2D eigenvalue weighted by molar-refractivity contribution is -0.384. The summed E-state index contributed by atoms with van der Waals surface area (Å²) in [5.41, 5.74) is 1.09. The Hall–Kier alpha value is -2.48. The minimum absolute atomic E-state index is 0.00478. The average molecular weight is 358 g/mol. The zero-order chi connectivity index (χ0) is 18.4. The Morgan fingerprint density at radius 2 is 2.08 bits per heavy atom. The highest BCUT2D eigenvalue weighted by Crippen LogP contribution is 2.22. The number of morpholine rings is 1. The summed E-state index contributed by atoms with van der Waals surface area (Å²) in [7, 11) is 0. The Labute approximate surface area is 151 Å². The molecule has 0 saturated carbocycles. The van der Waals surface area contributed by atoms with Crippen molar-refractivity contribution in [2.24, 2.45) is 0 Å². The Morgan fingerprint density at radius 1 is 1.27 bits per heavy atom. The van der Waals surface area contributed by atoms with Gasteiger partial charge in [0, 0.05) is 25.7 Å². The van der Waals surface area contributed by atoms with E-state index >= 15 is 0 Å². The standard InChI is InChI=1S/C19H22N2O5/c22-17(14-26-18-8-4-7-16(11-18)21(23)24)12-20-9-10-25-19(13-20)15-5-2-1-3-6-15/h1-8,11,17,19,22H,9-10,12-14H2. The fourth-order valence-corrected chi connectivity index (χ4v) is 2.97. The third-order valence-electron chi connectivity index (χ3n) is 4.26. The van der Waals surface area contributed by atoms with Gasteiger partial charge in [0.1, 0.15) is 18.5 Å². The van der Waals surface area contributed by atoms with E-state index < -0.39 is 11.0 Å². The average Bonchev–Trinajstić information content (AvgIpc) is 2.67. The van der Waals surface area contributed by atoms with E-state index in [1.54, 1.807) is 12.1 Å². The summed E-state index contributed by atoms with van der Waals surface area (Å²) in [5.74, 6) is 0.377. The number of hydrogen-bond acceptors (Lipinski definition) is 6. The molecular weight excluding hydrogens is 336 g/mol. The number of non-ortho nitro benzene ring substituents is 1. The molecule has 0 aliphatic carbocycles. The number of aliphatic hydroxyl groups excluding tert-OH is 1. The molecule has 1 fully saturated rings. The summed E-state index contributed by atoms with van der Waals surface area (Å²) in [5, 5.41) is 21.0. The van der Waals surface area contributed by atoms with Crippen LogP contribution in [0.4, 0.5) is 5.69 Å². The number of ether oxygens (including phenoxy) is 2. The van der Waals surface area contributed by atoms with Crippen LogP contribution in [-0.2, 0) is 4.74 Å². The van der Waals surface area contributed by atoms with E-state index in [0.717, 1.165) is 12.1 Å². The van der Waals surface area contributed by atoms with Crippen LogP contribution in [0.1, 0.15) is 11.7 Å². The van der Waals surface area contributed by atoms with Crippen LogP contribution in [0.3, 0.4) is 0 Å². The van der Waals surface area contributed by atoms with Crippen molar-refractivity contribution in [3.63, 3.8) is 0 Å². The van der Waals surface area contributed by atoms with Crippen molar-refractivity contribution < 1.29 is 19.5 Å². The highest BCUT2D eigenvalue weighted by molar-refractivity contribution is 5.37. The van der Waals surface area contributed by atoms with Gasteiger partial charge >= 0.3 is 0 Å². The van der Waals surface area contributed by atoms with Crippen LogP contribution in [0.5, 0.6) is 5.75 Å². The van der Waals surface area contributed by atoms with Gasteiger partial charge in [-0.3, -0.25) is 15.0 Å². The van der Waals surface area contributed by atoms with Gasteiger partial charge in [0.2, 0.25) is 0 Å². The third kappa shape index (κ3) is 5.01. The molecule has 0 amide bonds. The van der Waals surface area contributed by atoms with Crippen LogP contribution >= 0.6 is 0 Å². The number of hydrogen-bond donors (Lipinski definition) is 1. The Morgan fingerprint density at radius 3 is 2.85 bits per heavy atom. The highest BCUT2D eigenvalue weighted by atomic mass is 16.6. The van der Waals surface area contributed by atoms with E-state index in [-0.39, 0.29) is 18.4 Å². The van der Waals surface area contributed by atoms with Gasteiger partial charge < -0.3 is 14.6 Å². The molecule has 26 heavy (non-hydrogen) atoms. The number of nitrogens with zero attached hydrogens (tertiary/aromatic N) is 2. The molecule has 2 aromatic rings. The first-order chi connectivity index (χ1) is 12.6. The first-order valence-corrected chi connectivity index (χ1v) is 8.56. The minimum Gasteiger partial charge on any atom is -0.491 e. The molecule has 2 aromatic carbocycles. The zero-order valence-corrected chi connectivity index (χ0v) is 14.4. The van der Waals surface area contributed by atoms with E-state index in [1.165, 1.54) is 12.1 Å². The summed E-state index contributed by atoms with van der Waals surface area (Å²) in [6.07, 6.45) is -0.696. The molecule has 0 spiro atoms. The number of aliphatic hydroxyl groups is 1. The van der Waals surface area contributed by atoms with Gasteiger partial charge in [0.25, 0.3) is 5.69 Å². The SMILES string of the molecule is O=[N+]([O-])c1cccc(OCC(O)CN2CCOC(c3ccccc3)C2)c1. The molecule has 3 rings (SSSR count). The van der Waals surface area contributed by atoms with Crippen molar-refractivity contribution in [3.8, 4) is 5.75 Å².